The Hall–Kier alpha value is -2.60. The van der Waals surface area contributed by atoms with E-state index in [2.05, 4.69) is 19.9 Å². The van der Waals surface area contributed by atoms with Crippen molar-refractivity contribution in [2.45, 2.75) is 31.5 Å². The molecule has 0 fully saturated rings. The van der Waals surface area contributed by atoms with Gasteiger partial charge in [-0.2, -0.15) is 22.6 Å². The van der Waals surface area contributed by atoms with Crippen molar-refractivity contribution >= 4 is 10.0 Å². The minimum atomic E-state index is -4.70. The molecule has 0 aliphatic heterocycles. The van der Waals surface area contributed by atoms with Crippen molar-refractivity contribution < 1.29 is 30.5 Å². The van der Waals surface area contributed by atoms with Crippen molar-refractivity contribution in [2.24, 2.45) is 0 Å². The van der Waals surface area contributed by atoms with Crippen LogP contribution in [0.5, 0.6) is 0 Å². The van der Waals surface area contributed by atoms with E-state index in [0.717, 1.165) is 16.1 Å². The van der Waals surface area contributed by atoms with Crippen LogP contribution in [-0.4, -0.2) is 35.1 Å². The lowest BCUT2D eigenvalue weighted by Crippen LogP contribution is -2.26. The number of hydrogen-bond acceptors (Lipinski definition) is 6. The second-order valence-corrected chi connectivity index (χ2v) is 7.90. The van der Waals surface area contributed by atoms with Crippen LogP contribution in [0.25, 0.3) is 11.5 Å². The summed E-state index contributed by atoms with van der Waals surface area (Å²) in [6, 6.07) is 1.77. The molecule has 0 unspecified atom stereocenters. The van der Waals surface area contributed by atoms with E-state index in [0.29, 0.717) is 11.6 Å². The van der Waals surface area contributed by atoms with E-state index in [1.165, 1.54) is 20.2 Å². The smallest absolute Gasteiger partial charge is 0.452 e. The highest BCUT2D eigenvalue weighted by Gasteiger charge is 2.37. The van der Waals surface area contributed by atoms with Gasteiger partial charge in [0, 0.05) is 37.0 Å². The number of furan rings is 1. The van der Waals surface area contributed by atoms with Crippen molar-refractivity contribution in [3.63, 3.8) is 0 Å². The SMILES string of the molecule is Cc1[nH]ncc1CN(C)S(=O)(=O)c1cc(-c2cc(C(F)(F)F)on2)oc1C. The molecule has 3 heterocycles. The van der Waals surface area contributed by atoms with Gasteiger partial charge < -0.3 is 8.94 Å². The Balaban J connectivity index is 1.91. The third kappa shape index (κ3) is 3.62. The molecule has 0 saturated carbocycles. The predicted molar refractivity (Wildman–Crippen MR) is 85.9 cm³/mol. The Labute approximate surface area is 152 Å². The molecule has 27 heavy (non-hydrogen) atoms. The van der Waals surface area contributed by atoms with E-state index in [9.17, 15) is 21.6 Å². The summed E-state index contributed by atoms with van der Waals surface area (Å²) in [5.74, 6) is -1.42. The van der Waals surface area contributed by atoms with Gasteiger partial charge in [-0.25, -0.2) is 8.42 Å². The van der Waals surface area contributed by atoms with Crippen LogP contribution in [0.15, 0.2) is 32.2 Å². The molecular weight excluding hydrogens is 389 g/mol. The monoisotopic (exact) mass is 404 g/mol. The zero-order valence-electron chi connectivity index (χ0n) is 14.5. The molecule has 0 atom stereocenters. The molecule has 0 aromatic carbocycles. The van der Waals surface area contributed by atoms with Crippen LogP contribution in [-0.2, 0) is 22.7 Å². The summed E-state index contributed by atoms with van der Waals surface area (Å²) in [6.07, 6.45) is -3.19. The van der Waals surface area contributed by atoms with Gasteiger partial charge in [0.15, 0.2) is 5.76 Å². The van der Waals surface area contributed by atoms with Crippen LogP contribution >= 0.6 is 0 Å². The molecule has 146 valence electrons. The summed E-state index contributed by atoms with van der Waals surface area (Å²) in [7, 11) is -2.57. The second-order valence-electron chi connectivity index (χ2n) is 5.89. The number of rotatable bonds is 5. The van der Waals surface area contributed by atoms with E-state index in [-0.39, 0.29) is 28.7 Å². The Morgan fingerprint density at radius 2 is 1.96 bits per heavy atom. The van der Waals surface area contributed by atoms with Gasteiger partial charge in [-0.1, -0.05) is 5.16 Å². The molecular formula is C15H15F3N4O4S. The number of nitrogens with one attached hydrogen (secondary N) is 1. The minimum absolute atomic E-state index is 0.0253. The van der Waals surface area contributed by atoms with Crippen molar-refractivity contribution in [3.8, 4) is 11.5 Å². The lowest BCUT2D eigenvalue weighted by molar-refractivity contribution is -0.155. The average molecular weight is 404 g/mol. The first-order valence-electron chi connectivity index (χ1n) is 7.60. The van der Waals surface area contributed by atoms with E-state index >= 15 is 0 Å². The van der Waals surface area contributed by atoms with Gasteiger partial charge in [0.1, 0.15) is 16.3 Å². The molecule has 3 aromatic rings. The Kier molecular flexibility index (Phi) is 4.64. The number of aromatic nitrogens is 3. The van der Waals surface area contributed by atoms with E-state index in [1.807, 2.05) is 0 Å². The number of H-pyrrole nitrogens is 1. The fourth-order valence-electron chi connectivity index (χ4n) is 2.40. The van der Waals surface area contributed by atoms with E-state index in [4.69, 9.17) is 4.42 Å². The minimum Gasteiger partial charge on any atom is -0.458 e. The summed E-state index contributed by atoms with van der Waals surface area (Å²) in [5.41, 5.74) is 1.16. The molecule has 1 N–H and O–H groups in total. The van der Waals surface area contributed by atoms with Crippen molar-refractivity contribution in [1.29, 1.82) is 0 Å². The second kappa shape index (κ2) is 6.53. The first kappa shape index (κ1) is 19.2. The largest absolute Gasteiger partial charge is 0.458 e. The average Bonchev–Trinajstić information content (AvgIpc) is 3.27. The van der Waals surface area contributed by atoms with Gasteiger partial charge in [-0.05, 0) is 13.8 Å². The predicted octanol–water partition coefficient (Wildman–Crippen LogP) is 3.11. The van der Waals surface area contributed by atoms with Crippen molar-refractivity contribution in [3.05, 3.63) is 41.1 Å². The normalized spacial score (nSPS) is 12.9. The molecule has 8 nitrogen and oxygen atoms in total. The van der Waals surface area contributed by atoms with Crippen LogP contribution < -0.4 is 0 Å². The summed E-state index contributed by atoms with van der Waals surface area (Å²) < 4.78 is 74.2. The maximum Gasteiger partial charge on any atom is 0.452 e. The van der Waals surface area contributed by atoms with Crippen LogP contribution in [0.2, 0.25) is 0 Å². The van der Waals surface area contributed by atoms with Gasteiger partial charge in [0.2, 0.25) is 15.8 Å². The lowest BCUT2D eigenvalue weighted by Gasteiger charge is -2.16. The van der Waals surface area contributed by atoms with Crippen LogP contribution in [0.1, 0.15) is 22.8 Å². The van der Waals surface area contributed by atoms with E-state index in [1.54, 1.807) is 6.92 Å². The maximum atomic E-state index is 12.8. The first-order valence-corrected chi connectivity index (χ1v) is 9.04. The molecule has 0 saturated heterocycles. The Morgan fingerprint density at radius 3 is 2.52 bits per heavy atom. The third-order valence-corrected chi connectivity index (χ3v) is 5.84. The number of aryl methyl sites for hydroxylation is 2. The zero-order valence-corrected chi connectivity index (χ0v) is 15.3. The first-order chi connectivity index (χ1) is 12.5. The number of sulfonamides is 1. The molecule has 0 radical (unpaired) electrons. The Bertz CT molecular complexity index is 1070. The number of nitrogens with zero attached hydrogens (tertiary/aromatic N) is 3. The van der Waals surface area contributed by atoms with Gasteiger partial charge >= 0.3 is 6.18 Å². The van der Waals surface area contributed by atoms with Crippen LogP contribution in [0, 0.1) is 13.8 Å². The summed E-state index contributed by atoms with van der Waals surface area (Å²) in [4.78, 5) is -0.169. The van der Waals surface area contributed by atoms with Gasteiger partial charge in [-0.15, -0.1) is 0 Å². The molecule has 0 aliphatic rings. The number of halogens is 3. The molecule has 0 bridgehead atoms. The topological polar surface area (TPSA) is 105 Å². The van der Waals surface area contributed by atoms with Gasteiger partial charge in [-0.3, -0.25) is 5.10 Å². The van der Waals surface area contributed by atoms with Crippen molar-refractivity contribution in [1.82, 2.24) is 19.7 Å². The summed E-state index contributed by atoms with van der Waals surface area (Å²) in [6.45, 7) is 3.22. The zero-order chi connectivity index (χ0) is 20.0. The molecule has 0 aliphatic carbocycles. The highest BCUT2D eigenvalue weighted by molar-refractivity contribution is 7.89. The summed E-state index contributed by atoms with van der Waals surface area (Å²) >= 11 is 0. The molecule has 0 amide bonds. The number of aromatic amines is 1. The molecule has 3 rings (SSSR count). The fourth-order valence-corrected chi connectivity index (χ4v) is 3.71. The number of hydrogen-bond donors (Lipinski definition) is 1. The fraction of sp³-hybridized carbons (Fsp3) is 0.333. The standard InChI is InChI=1S/C15H15F3N4O4S/c1-8-10(6-19-20-8)7-22(3)27(23,24)13-5-12(25-9(13)2)11-4-14(26-21-11)15(16,17)18/h4-6H,7H2,1-3H3,(H,19,20). The number of alkyl halides is 3. The van der Waals surface area contributed by atoms with Crippen molar-refractivity contribution in [2.75, 3.05) is 7.05 Å². The van der Waals surface area contributed by atoms with Gasteiger partial charge in [0.25, 0.3) is 0 Å². The Morgan fingerprint density at radius 1 is 1.26 bits per heavy atom. The third-order valence-electron chi connectivity index (χ3n) is 3.93. The molecule has 12 heteroatoms. The summed E-state index contributed by atoms with van der Waals surface area (Å²) in [5, 5.41) is 9.85. The van der Waals surface area contributed by atoms with Gasteiger partial charge in [0.05, 0.1) is 6.20 Å². The highest BCUT2D eigenvalue weighted by atomic mass is 32.2. The maximum absolute atomic E-state index is 12.8. The van der Waals surface area contributed by atoms with Crippen LogP contribution in [0.4, 0.5) is 13.2 Å². The molecule has 0 spiro atoms. The lowest BCUT2D eigenvalue weighted by atomic mass is 10.3. The quantitative estimate of drug-likeness (QED) is 0.701. The highest BCUT2D eigenvalue weighted by Crippen LogP contribution is 2.34. The molecule has 3 aromatic heterocycles. The van der Waals surface area contributed by atoms with Crippen LogP contribution in [0.3, 0.4) is 0 Å². The van der Waals surface area contributed by atoms with E-state index < -0.39 is 22.0 Å².